The van der Waals surface area contributed by atoms with Crippen LogP contribution in [0.5, 0.6) is 0 Å². The van der Waals surface area contributed by atoms with E-state index in [9.17, 15) is 4.79 Å². The van der Waals surface area contributed by atoms with E-state index in [0.717, 1.165) is 15.9 Å². The van der Waals surface area contributed by atoms with Crippen LogP contribution in [0.1, 0.15) is 10.4 Å². The highest BCUT2D eigenvalue weighted by Crippen LogP contribution is 2.29. The van der Waals surface area contributed by atoms with Crippen LogP contribution in [-0.4, -0.2) is 20.9 Å². The summed E-state index contributed by atoms with van der Waals surface area (Å²) in [6.45, 7) is 0. The maximum Gasteiger partial charge on any atom is 0.296 e. The van der Waals surface area contributed by atoms with E-state index >= 15 is 0 Å². The number of carbonyl (C=O) groups is 1. The third kappa shape index (κ3) is 3.03. The lowest BCUT2D eigenvalue weighted by atomic mass is 10.1. The van der Waals surface area contributed by atoms with Crippen molar-refractivity contribution in [3.8, 4) is 22.5 Å². The summed E-state index contributed by atoms with van der Waals surface area (Å²) in [5, 5.41) is 9.32. The predicted molar refractivity (Wildman–Crippen MR) is 102 cm³/mol. The van der Waals surface area contributed by atoms with Crippen LogP contribution < -0.4 is 0 Å². The summed E-state index contributed by atoms with van der Waals surface area (Å²) in [7, 11) is 0. The van der Waals surface area contributed by atoms with Gasteiger partial charge < -0.3 is 0 Å². The van der Waals surface area contributed by atoms with Crippen LogP contribution in [0.3, 0.4) is 0 Å². The number of hydrogen-bond donors (Lipinski definition) is 0. The maximum atomic E-state index is 12.8. The molecule has 0 saturated carbocycles. The van der Waals surface area contributed by atoms with Crippen LogP contribution >= 0.6 is 11.6 Å². The van der Waals surface area contributed by atoms with E-state index in [1.807, 2.05) is 60.7 Å². The monoisotopic (exact) mass is 359 g/mol. The lowest BCUT2D eigenvalue weighted by molar-refractivity contribution is 0.0928. The lowest BCUT2D eigenvalue weighted by Gasteiger charge is -2.01. The van der Waals surface area contributed by atoms with Crippen LogP contribution in [0.4, 0.5) is 0 Å². The van der Waals surface area contributed by atoms with E-state index in [4.69, 9.17) is 11.6 Å². The van der Waals surface area contributed by atoms with Crippen LogP contribution in [0.15, 0.2) is 84.9 Å². The lowest BCUT2D eigenvalue weighted by Crippen LogP contribution is -2.15. The zero-order valence-corrected chi connectivity index (χ0v) is 14.5. The van der Waals surface area contributed by atoms with Crippen molar-refractivity contribution in [2.24, 2.45) is 0 Å². The first-order valence-corrected chi connectivity index (χ1v) is 8.49. The van der Waals surface area contributed by atoms with Gasteiger partial charge in [-0.15, -0.1) is 15.0 Å². The molecule has 0 fully saturated rings. The Hall–Kier alpha value is -3.24. The molecule has 1 aromatic heterocycles. The molecule has 0 bridgehead atoms. The van der Waals surface area contributed by atoms with Gasteiger partial charge in [-0.05, 0) is 12.1 Å². The van der Waals surface area contributed by atoms with Crippen LogP contribution in [0, 0.1) is 0 Å². The molecular weight excluding hydrogens is 346 g/mol. The average molecular weight is 360 g/mol. The molecule has 0 aliphatic carbocycles. The summed E-state index contributed by atoms with van der Waals surface area (Å²) in [6.07, 6.45) is 0. The Morgan fingerprint density at radius 2 is 1.15 bits per heavy atom. The Kier molecular flexibility index (Phi) is 4.33. The molecule has 0 aliphatic rings. The minimum Gasteiger partial charge on any atom is -0.265 e. The van der Waals surface area contributed by atoms with Crippen molar-refractivity contribution in [2.75, 3.05) is 0 Å². The molecule has 1 heterocycles. The Bertz CT molecular complexity index is 1000. The number of nitrogens with zero attached hydrogens (tertiary/aromatic N) is 3. The van der Waals surface area contributed by atoms with Gasteiger partial charge in [0.2, 0.25) is 0 Å². The molecule has 4 nitrogen and oxygen atoms in total. The molecule has 0 atom stereocenters. The zero-order valence-electron chi connectivity index (χ0n) is 13.7. The van der Waals surface area contributed by atoms with Gasteiger partial charge >= 0.3 is 0 Å². The average Bonchev–Trinajstić information content (AvgIpc) is 3.15. The first-order valence-electron chi connectivity index (χ1n) is 8.11. The third-order valence-electron chi connectivity index (χ3n) is 3.99. The van der Waals surface area contributed by atoms with E-state index in [1.54, 1.807) is 24.3 Å². The Morgan fingerprint density at radius 3 is 1.65 bits per heavy atom. The standard InChI is InChI=1S/C21H14ClN3O/c22-18-14-8-7-13-17(18)21(26)25-23-19(15-9-3-1-4-10-15)20(24-25)16-11-5-2-6-12-16/h1-14H. The van der Waals surface area contributed by atoms with Gasteiger partial charge in [0.1, 0.15) is 11.4 Å². The largest absolute Gasteiger partial charge is 0.296 e. The van der Waals surface area contributed by atoms with Crippen molar-refractivity contribution in [3.63, 3.8) is 0 Å². The van der Waals surface area contributed by atoms with Gasteiger partial charge in [0, 0.05) is 11.1 Å². The molecule has 126 valence electrons. The van der Waals surface area contributed by atoms with E-state index in [2.05, 4.69) is 10.2 Å². The van der Waals surface area contributed by atoms with Crippen molar-refractivity contribution in [1.82, 2.24) is 15.0 Å². The number of rotatable bonds is 3. The first-order chi connectivity index (χ1) is 12.7. The fourth-order valence-corrected chi connectivity index (χ4v) is 2.94. The number of halogens is 1. The van der Waals surface area contributed by atoms with Crippen molar-refractivity contribution < 1.29 is 4.79 Å². The highest BCUT2D eigenvalue weighted by Gasteiger charge is 2.20. The van der Waals surface area contributed by atoms with Gasteiger partial charge in [-0.25, -0.2) is 0 Å². The van der Waals surface area contributed by atoms with Crippen LogP contribution in [0.25, 0.3) is 22.5 Å². The third-order valence-corrected chi connectivity index (χ3v) is 4.32. The summed E-state index contributed by atoms with van der Waals surface area (Å²) in [4.78, 5) is 14.0. The van der Waals surface area contributed by atoms with E-state index < -0.39 is 0 Å². The molecule has 4 rings (SSSR count). The summed E-state index contributed by atoms with van der Waals surface area (Å²) in [6, 6.07) is 26.3. The van der Waals surface area contributed by atoms with Gasteiger partial charge in [-0.1, -0.05) is 84.4 Å². The van der Waals surface area contributed by atoms with Gasteiger partial charge in [-0.3, -0.25) is 4.79 Å². The van der Waals surface area contributed by atoms with Gasteiger partial charge in [0.15, 0.2) is 0 Å². The molecule has 0 unspecified atom stereocenters. The molecule has 5 heteroatoms. The van der Waals surface area contributed by atoms with Crippen molar-refractivity contribution in [2.45, 2.75) is 0 Å². The highest BCUT2D eigenvalue weighted by molar-refractivity contribution is 6.33. The first kappa shape index (κ1) is 16.2. The molecule has 3 aromatic carbocycles. The predicted octanol–water partition coefficient (Wildman–Crippen LogP) is 4.95. The molecule has 0 saturated heterocycles. The molecule has 0 amide bonds. The topological polar surface area (TPSA) is 47.8 Å². The molecule has 0 aliphatic heterocycles. The normalized spacial score (nSPS) is 10.7. The minimum absolute atomic E-state index is 0.364. The van der Waals surface area contributed by atoms with Crippen LogP contribution in [0.2, 0.25) is 5.02 Å². The molecule has 26 heavy (non-hydrogen) atoms. The summed E-state index contributed by atoms with van der Waals surface area (Å²) < 4.78 is 0. The van der Waals surface area contributed by atoms with Gasteiger partial charge in [0.25, 0.3) is 5.91 Å². The van der Waals surface area contributed by atoms with Crippen molar-refractivity contribution in [3.05, 3.63) is 95.5 Å². The maximum absolute atomic E-state index is 12.8. The minimum atomic E-state index is -0.366. The molecular formula is C21H14ClN3O. The molecule has 4 aromatic rings. The molecule has 0 spiro atoms. The second kappa shape index (κ2) is 6.94. The summed E-state index contributed by atoms with van der Waals surface area (Å²) >= 11 is 6.16. The molecule has 0 radical (unpaired) electrons. The van der Waals surface area contributed by atoms with Crippen molar-refractivity contribution in [1.29, 1.82) is 0 Å². The second-order valence-corrected chi connectivity index (χ2v) is 6.11. The van der Waals surface area contributed by atoms with Gasteiger partial charge in [0.05, 0.1) is 10.6 Å². The Labute approximate surface area is 155 Å². The van der Waals surface area contributed by atoms with E-state index in [1.165, 1.54) is 0 Å². The number of aromatic nitrogens is 3. The SMILES string of the molecule is O=C(c1ccccc1Cl)n1nc(-c2ccccc2)c(-c2ccccc2)n1. The van der Waals surface area contributed by atoms with Crippen molar-refractivity contribution >= 4 is 17.5 Å². The Balaban J connectivity index is 1.87. The second-order valence-electron chi connectivity index (χ2n) is 5.70. The highest BCUT2D eigenvalue weighted by atomic mass is 35.5. The number of benzene rings is 3. The Morgan fingerprint density at radius 1 is 0.692 bits per heavy atom. The van der Waals surface area contributed by atoms with Gasteiger partial charge in [-0.2, -0.15) is 0 Å². The zero-order chi connectivity index (χ0) is 17.9. The smallest absolute Gasteiger partial charge is 0.265 e. The quantitative estimate of drug-likeness (QED) is 0.519. The molecule has 0 N–H and O–H groups in total. The van der Waals surface area contributed by atoms with Crippen LogP contribution in [-0.2, 0) is 0 Å². The number of carbonyl (C=O) groups excluding carboxylic acids is 1. The fourth-order valence-electron chi connectivity index (χ4n) is 2.72. The summed E-state index contributed by atoms with van der Waals surface area (Å²) in [5.41, 5.74) is 3.45. The number of hydrogen-bond acceptors (Lipinski definition) is 3. The fraction of sp³-hybridized carbons (Fsp3) is 0. The van der Waals surface area contributed by atoms with E-state index in [0.29, 0.717) is 22.0 Å². The summed E-state index contributed by atoms with van der Waals surface area (Å²) in [5.74, 6) is -0.366. The van der Waals surface area contributed by atoms with E-state index in [-0.39, 0.29) is 5.91 Å².